The number of hydrogen-bond acceptors (Lipinski definition) is 5. The van der Waals surface area contributed by atoms with Gasteiger partial charge in [0.05, 0.1) is 23.0 Å². The molecule has 0 spiro atoms. The van der Waals surface area contributed by atoms with Gasteiger partial charge in [-0.25, -0.2) is 9.97 Å². The van der Waals surface area contributed by atoms with Crippen LogP contribution in [0.5, 0.6) is 0 Å². The van der Waals surface area contributed by atoms with Crippen molar-refractivity contribution in [3.05, 3.63) is 112 Å². The highest BCUT2D eigenvalue weighted by Gasteiger charge is 2.17. The van der Waals surface area contributed by atoms with Crippen LogP contribution in [0.1, 0.15) is 43.5 Å². The van der Waals surface area contributed by atoms with Gasteiger partial charge >= 0.3 is 0 Å². The van der Waals surface area contributed by atoms with E-state index >= 15 is 0 Å². The van der Waals surface area contributed by atoms with Gasteiger partial charge in [0.25, 0.3) is 11.8 Å². The maximum atomic E-state index is 13.5. The zero-order chi connectivity index (χ0) is 27.5. The Labute approximate surface area is 231 Å². The number of amides is 2. The molecule has 0 saturated carbocycles. The van der Waals surface area contributed by atoms with E-state index < -0.39 is 0 Å². The Hall–Kier alpha value is -4.49. The second kappa shape index (κ2) is 11.1. The summed E-state index contributed by atoms with van der Waals surface area (Å²) >= 11 is 6.46. The molecule has 0 unspecified atom stereocenters. The summed E-state index contributed by atoms with van der Waals surface area (Å²) in [4.78, 5) is 35.1. The average Bonchev–Trinajstić information content (AvgIpc) is 3.33. The van der Waals surface area contributed by atoms with Gasteiger partial charge in [-0.1, -0.05) is 41.4 Å². The summed E-state index contributed by atoms with van der Waals surface area (Å²) in [5.41, 5.74) is 5.68. The number of pyridine rings is 1. The molecule has 0 fully saturated rings. The molecule has 7 nitrogen and oxygen atoms in total. The Morgan fingerprint density at radius 3 is 2.44 bits per heavy atom. The van der Waals surface area contributed by atoms with Crippen LogP contribution in [0, 0.1) is 20.8 Å². The van der Waals surface area contributed by atoms with Crippen LogP contribution >= 0.6 is 11.6 Å². The molecular weight excluding hydrogens is 512 g/mol. The van der Waals surface area contributed by atoms with Gasteiger partial charge < -0.3 is 15.1 Å². The number of nitrogens with one attached hydrogen (secondary N) is 2. The van der Waals surface area contributed by atoms with Crippen molar-refractivity contribution >= 4 is 40.0 Å². The van der Waals surface area contributed by atoms with E-state index in [1.54, 1.807) is 42.6 Å². The lowest BCUT2D eigenvalue weighted by Crippen LogP contribution is -2.25. The molecule has 5 rings (SSSR count). The molecule has 39 heavy (non-hydrogen) atoms. The van der Waals surface area contributed by atoms with E-state index in [9.17, 15) is 9.59 Å². The van der Waals surface area contributed by atoms with E-state index in [-0.39, 0.29) is 11.8 Å². The fraction of sp³-hybridized carbons (Fsp3) is 0.161. The molecule has 2 aromatic heterocycles. The Morgan fingerprint density at radius 1 is 0.949 bits per heavy atom. The lowest BCUT2D eigenvalue weighted by atomic mass is 9.99. The smallest absolute Gasteiger partial charge is 0.256 e. The maximum Gasteiger partial charge on any atom is 0.256 e. The molecule has 3 aromatic carbocycles. The number of benzene rings is 3. The van der Waals surface area contributed by atoms with Crippen LogP contribution in [0.15, 0.2) is 77.3 Å². The Bertz CT molecular complexity index is 1690. The number of rotatable bonds is 7. The first-order valence-electron chi connectivity index (χ1n) is 12.6. The molecular formula is C31H27ClN4O3. The molecule has 0 bridgehead atoms. The number of nitrogens with zero attached hydrogens (tertiary/aromatic N) is 2. The molecule has 0 radical (unpaired) electrons. The molecule has 0 aliphatic heterocycles. The third-order valence-electron chi connectivity index (χ3n) is 6.34. The van der Waals surface area contributed by atoms with Crippen LogP contribution < -0.4 is 10.6 Å². The minimum absolute atomic E-state index is 0.216. The highest BCUT2D eigenvalue weighted by Crippen LogP contribution is 2.32. The number of fused-ring (bicyclic) bond motifs is 1. The van der Waals surface area contributed by atoms with Gasteiger partial charge in [-0.15, -0.1) is 0 Å². The predicted octanol–water partition coefficient (Wildman–Crippen LogP) is 6.69. The molecule has 0 aliphatic carbocycles. The number of anilines is 1. The highest BCUT2D eigenvalue weighted by atomic mass is 35.5. The van der Waals surface area contributed by atoms with E-state index in [4.69, 9.17) is 21.0 Å². The van der Waals surface area contributed by atoms with Crippen molar-refractivity contribution in [3.63, 3.8) is 0 Å². The van der Waals surface area contributed by atoms with Gasteiger partial charge in [0.15, 0.2) is 5.89 Å². The third-order valence-corrected chi connectivity index (χ3v) is 6.67. The molecule has 0 atom stereocenters. The summed E-state index contributed by atoms with van der Waals surface area (Å²) in [5.74, 6) is 0.822. The number of aromatic nitrogens is 2. The minimum atomic E-state index is -0.279. The van der Waals surface area contributed by atoms with Crippen LogP contribution in [0.4, 0.5) is 5.69 Å². The fourth-order valence-corrected chi connectivity index (χ4v) is 4.71. The summed E-state index contributed by atoms with van der Waals surface area (Å²) in [5, 5.41) is 7.14. The monoisotopic (exact) mass is 538 g/mol. The molecule has 0 saturated heterocycles. The summed E-state index contributed by atoms with van der Waals surface area (Å²) in [6.07, 6.45) is 2.15. The SMILES string of the molecule is Cc1cc(C)c2nc(-c3ccccc3Cl)cc(C(=O)Nc3ccc(C(=O)NCCc4ncc(C)o4)cc3)c2c1. The van der Waals surface area contributed by atoms with Crippen LogP contribution in [-0.4, -0.2) is 28.3 Å². The Kier molecular flexibility index (Phi) is 7.43. The number of halogens is 1. The molecule has 2 N–H and O–H groups in total. The zero-order valence-electron chi connectivity index (χ0n) is 21.8. The molecule has 5 aromatic rings. The van der Waals surface area contributed by atoms with Gasteiger partial charge in [-0.2, -0.15) is 0 Å². The largest absolute Gasteiger partial charge is 0.446 e. The Morgan fingerprint density at radius 2 is 1.72 bits per heavy atom. The van der Waals surface area contributed by atoms with Crippen molar-refractivity contribution in [2.24, 2.45) is 0 Å². The second-order valence-electron chi connectivity index (χ2n) is 9.41. The van der Waals surface area contributed by atoms with E-state index in [0.717, 1.165) is 33.4 Å². The first-order valence-corrected chi connectivity index (χ1v) is 12.9. The minimum Gasteiger partial charge on any atom is -0.446 e. The van der Waals surface area contributed by atoms with E-state index in [2.05, 4.69) is 15.6 Å². The average molecular weight is 539 g/mol. The summed E-state index contributed by atoms with van der Waals surface area (Å²) in [7, 11) is 0. The standard InChI is InChI=1S/C31H27ClN4O3/c1-18-14-19(2)29-24(15-18)25(16-27(36-29)23-6-4-5-7-26(23)32)31(38)35-22-10-8-21(9-11-22)30(37)33-13-12-28-34-17-20(3)39-28/h4-11,14-17H,12-13H2,1-3H3,(H,33,37)(H,35,38). The molecule has 8 heteroatoms. The van der Waals surface area contributed by atoms with Gasteiger partial charge in [-0.3, -0.25) is 9.59 Å². The first kappa shape index (κ1) is 26.1. The summed E-state index contributed by atoms with van der Waals surface area (Å²) < 4.78 is 5.43. The van der Waals surface area contributed by atoms with Crippen molar-refractivity contribution in [1.82, 2.24) is 15.3 Å². The number of carbonyl (C=O) groups is 2. The van der Waals surface area contributed by atoms with Crippen molar-refractivity contribution in [1.29, 1.82) is 0 Å². The van der Waals surface area contributed by atoms with Gasteiger partial charge in [0.1, 0.15) is 5.76 Å². The van der Waals surface area contributed by atoms with Crippen LogP contribution in [-0.2, 0) is 6.42 Å². The lowest BCUT2D eigenvalue weighted by molar-refractivity contribution is 0.0953. The predicted molar refractivity (Wildman–Crippen MR) is 153 cm³/mol. The fourth-order valence-electron chi connectivity index (χ4n) is 4.48. The van der Waals surface area contributed by atoms with E-state index in [1.807, 2.05) is 51.1 Å². The highest BCUT2D eigenvalue weighted by molar-refractivity contribution is 6.33. The van der Waals surface area contributed by atoms with Crippen molar-refractivity contribution in [2.45, 2.75) is 27.2 Å². The quantitative estimate of drug-likeness (QED) is 0.240. The van der Waals surface area contributed by atoms with E-state index in [1.165, 1.54) is 0 Å². The maximum absolute atomic E-state index is 13.5. The normalized spacial score (nSPS) is 11.0. The van der Waals surface area contributed by atoms with Crippen LogP contribution in [0.3, 0.4) is 0 Å². The van der Waals surface area contributed by atoms with Crippen LogP contribution in [0.25, 0.3) is 22.2 Å². The molecule has 2 amide bonds. The van der Waals surface area contributed by atoms with Gasteiger partial charge in [0.2, 0.25) is 0 Å². The number of aryl methyl sites for hydroxylation is 3. The van der Waals surface area contributed by atoms with Gasteiger partial charge in [0, 0.05) is 40.2 Å². The number of hydrogen-bond donors (Lipinski definition) is 2. The van der Waals surface area contributed by atoms with Crippen LogP contribution in [0.2, 0.25) is 5.02 Å². The number of oxazole rings is 1. The van der Waals surface area contributed by atoms with E-state index in [0.29, 0.717) is 46.4 Å². The summed E-state index contributed by atoms with van der Waals surface area (Å²) in [6.45, 7) is 6.20. The topological polar surface area (TPSA) is 97.1 Å². The number of carbonyl (C=O) groups excluding carboxylic acids is 2. The van der Waals surface area contributed by atoms with Gasteiger partial charge in [-0.05, 0) is 68.8 Å². The molecule has 0 aliphatic rings. The zero-order valence-corrected chi connectivity index (χ0v) is 22.6. The second-order valence-corrected chi connectivity index (χ2v) is 9.82. The Balaban J connectivity index is 1.36. The van der Waals surface area contributed by atoms with Crippen molar-refractivity contribution < 1.29 is 14.0 Å². The summed E-state index contributed by atoms with van der Waals surface area (Å²) in [6, 6.07) is 20.0. The lowest BCUT2D eigenvalue weighted by Gasteiger charge is -2.14. The first-order chi connectivity index (χ1) is 18.8. The molecule has 196 valence electrons. The van der Waals surface area contributed by atoms with Crippen molar-refractivity contribution in [3.8, 4) is 11.3 Å². The third kappa shape index (κ3) is 5.84. The van der Waals surface area contributed by atoms with Crippen molar-refractivity contribution in [2.75, 3.05) is 11.9 Å². The molecule has 2 heterocycles.